The summed E-state index contributed by atoms with van der Waals surface area (Å²) in [6.45, 7) is 5.33. The van der Waals surface area contributed by atoms with Gasteiger partial charge in [-0.2, -0.15) is 0 Å². The zero-order valence-electron chi connectivity index (χ0n) is 8.99. The molecule has 1 saturated carbocycles. The van der Waals surface area contributed by atoms with Crippen LogP contribution in [0.5, 0.6) is 0 Å². The predicted molar refractivity (Wildman–Crippen MR) is 55.1 cm³/mol. The van der Waals surface area contributed by atoms with Crippen LogP contribution in [-0.4, -0.2) is 41.8 Å². The Balaban J connectivity index is 2.30. The molecule has 1 fully saturated rings. The van der Waals surface area contributed by atoms with E-state index in [4.69, 9.17) is 5.11 Å². The number of amides is 2. The van der Waals surface area contributed by atoms with Gasteiger partial charge in [-0.3, -0.25) is 0 Å². The van der Waals surface area contributed by atoms with E-state index in [1.807, 2.05) is 0 Å². The molecule has 0 radical (unpaired) electrons. The van der Waals surface area contributed by atoms with Gasteiger partial charge in [0.15, 0.2) is 0 Å². The van der Waals surface area contributed by atoms with Crippen molar-refractivity contribution in [2.24, 2.45) is 5.92 Å². The maximum Gasteiger partial charge on any atom is 0.317 e. The summed E-state index contributed by atoms with van der Waals surface area (Å²) in [5.41, 5.74) is 0. The van der Waals surface area contributed by atoms with Crippen molar-refractivity contribution < 1.29 is 9.90 Å². The van der Waals surface area contributed by atoms with Crippen LogP contribution in [0.15, 0.2) is 0 Å². The number of urea groups is 1. The number of nitrogens with zero attached hydrogens (tertiary/aromatic N) is 1. The zero-order valence-corrected chi connectivity index (χ0v) is 8.99. The highest BCUT2D eigenvalue weighted by Gasteiger charge is 2.31. The fourth-order valence-electron chi connectivity index (χ4n) is 1.34. The van der Waals surface area contributed by atoms with Gasteiger partial charge in [-0.25, -0.2) is 4.79 Å². The van der Waals surface area contributed by atoms with E-state index in [1.54, 1.807) is 4.90 Å². The van der Waals surface area contributed by atoms with Crippen molar-refractivity contribution in [3.05, 3.63) is 0 Å². The van der Waals surface area contributed by atoms with Crippen molar-refractivity contribution in [3.8, 4) is 0 Å². The average Bonchev–Trinajstić information content (AvgIpc) is 2.93. The lowest BCUT2D eigenvalue weighted by atomic mass is 10.2. The predicted octanol–water partition coefficient (Wildman–Crippen LogP) is 0.809. The van der Waals surface area contributed by atoms with E-state index in [0.717, 1.165) is 12.8 Å². The minimum atomic E-state index is -0.0322. The van der Waals surface area contributed by atoms with E-state index in [1.165, 1.54) is 0 Å². The van der Waals surface area contributed by atoms with Crippen molar-refractivity contribution in [2.45, 2.75) is 32.7 Å². The molecule has 0 spiro atoms. The third kappa shape index (κ3) is 3.54. The highest BCUT2D eigenvalue weighted by molar-refractivity contribution is 5.74. The van der Waals surface area contributed by atoms with Crippen LogP contribution in [0.4, 0.5) is 4.79 Å². The van der Waals surface area contributed by atoms with Gasteiger partial charge in [-0.1, -0.05) is 13.8 Å². The number of aliphatic hydroxyl groups is 1. The Morgan fingerprint density at radius 2 is 2.21 bits per heavy atom. The molecule has 0 aliphatic heterocycles. The monoisotopic (exact) mass is 200 g/mol. The van der Waals surface area contributed by atoms with Crippen LogP contribution in [0.25, 0.3) is 0 Å². The maximum absolute atomic E-state index is 11.6. The molecular weight excluding hydrogens is 180 g/mol. The lowest BCUT2D eigenvalue weighted by Crippen LogP contribution is -2.43. The number of rotatable bonds is 5. The fraction of sp³-hybridized carbons (Fsp3) is 0.900. The van der Waals surface area contributed by atoms with Crippen LogP contribution >= 0.6 is 0 Å². The normalized spacial score (nSPS) is 15.7. The Morgan fingerprint density at radius 1 is 1.57 bits per heavy atom. The molecule has 0 aromatic rings. The van der Waals surface area contributed by atoms with Crippen LogP contribution in [0, 0.1) is 5.92 Å². The molecule has 0 bridgehead atoms. The first-order valence-corrected chi connectivity index (χ1v) is 5.30. The summed E-state index contributed by atoms with van der Waals surface area (Å²) in [5, 5.41) is 11.7. The van der Waals surface area contributed by atoms with Crippen molar-refractivity contribution in [1.82, 2.24) is 10.2 Å². The molecule has 0 aromatic carbocycles. The number of aliphatic hydroxyl groups excluding tert-OH is 1. The van der Waals surface area contributed by atoms with Crippen LogP contribution in [0.1, 0.15) is 26.7 Å². The van der Waals surface area contributed by atoms with Crippen LogP contribution in [0.2, 0.25) is 0 Å². The highest BCUT2D eigenvalue weighted by atomic mass is 16.3. The van der Waals surface area contributed by atoms with Gasteiger partial charge < -0.3 is 15.3 Å². The summed E-state index contributed by atoms with van der Waals surface area (Å²) in [6, 6.07) is 0.338. The average molecular weight is 200 g/mol. The third-order valence-electron chi connectivity index (χ3n) is 2.25. The summed E-state index contributed by atoms with van der Waals surface area (Å²) in [4.78, 5) is 13.4. The molecule has 0 aromatic heterocycles. The number of nitrogens with one attached hydrogen (secondary N) is 1. The molecule has 0 saturated heterocycles. The number of hydrogen-bond acceptors (Lipinski definition) is 2. The SMILES string of the molecule is CC(C)CNC(=O)N(CCO)C1CC1. The lowest BCUT2D eigenvalue weighted by Gasteiger charge is -2.22. The highest BCUT2D eigenvalue weighted by Crippen LogP contribution is 2.26. The molecule has 1 aliphatic rings. The third-order valence-corrected chi connectivity index (χ3v) is 2.25. The number of carbonyl (C=O) groups excluding carboxylic acids is 1. The van der Waals surface area contributed by atoms with Gasteiger partial charge in [0, 0.05) is 19.1 Å². The van der Waals surface area contributed by atoms with E-state index in [9.17, 15) is 4.79 Å². The van der Waals surface area contributed by atoms with E-state index in [2.05, 4.69) is 19.2 Å². The number of carbonyl (C=O) groups is 1. The topological polar surface area (TPSA) is 52.6 Å². The molecule has 4 nitrogen and oxygen atoms in total. The smallest absolute Gasteiger partial charge is 0.317 e. The van der Waals surface area contributed by atoms with E-state index < -0.39 is 0 Å². The molecule has 0 unspecified atom stereocenters. The largest absolute Gasteiger partial charge is 0.395 e. The standard InChI is InChI=1S/C10H20N2O2/c1-8(2)7-11-10(14)12(5-6-13)9-3-4-9/h8-9,13H,3-7H2,1-2H3,(H,11,14). The van der Waals surface area contributed by atoms with Gasteiger partial charge in [0.2, 0.25) is 0 Å². The van der Waals surface area contributed by atoms with E-state index in [-0.39, 0.29) is 12.6 Å². The number of hydrogen-bond donors (Lipinski definition) is 2. The van der Waals surface area contributed by atoms with Crippen LogP contribution in [-0.2, 0) is 0 Å². The maximum atomic E-state index is 11.6. The summed E-state index contributed by atoms with van der Waals surface area (Å²) in [7, 11) is 0. The molecule has 14 heavy (non-hydrogen) atoms. The molecular formula is C10H20N2O2. The quantitative estimate of drug-likeness (QED) is 0.690. The molecule has 1 aliphatic carbocycles. The van der Waals surface area contributed by atoms with Crippen LogP contribution in [0.3, 0.4) is 0 Å². The van der Waals surface area contributed by atoms with Gasteiger partial charge >= 0.3 is 6.03 Å². The summed E-state index contributed by atoms with van der Waals surface area (Å²) in [6.07, 6.45) is 2.16. The molecule has 2 amide bonds. The Kier molecular flexibility index (Phi) is 4.20. The zero-order chi connectivity index (χ0) is 10.6. The lowest BCUT2D eigenvalue weighted by molar-refractivity contribution is 0.173. The Labute approximate surface area is 85.3 Å². The minimum Gasteiger partial charge on any atom is -0.395 e. The molecule has 1 rings (SSSR count). The van der Waals surface area contributed by atoms with Crippen molar-refractivity contribution in [3.63, 3.8) is 0 Å². The molecule has 0 atom stereocenters. The first-order chi connectivity index (χ1) is 6.65. The van der Waals surface area contributed by atoms with Gasteiger partial charge in [0.25, 0.3) is 0 Å². The van der Waals surface area contributed by atoms with Crippen molar-refractivity contribution in [1.29, 1.82) is 0 Å². The van der Waals surface area contributed by atoms with Crippen molar-refractivity contribution >= 4 is 6.03 Å². The summed E-state index contributed by atoms with van der Waals surface area (Å²) < 4.78 is 0. The summed E-state index contributed by atoms with van der Waals surface area (Å²) >= 11 is 0. The Hall–Kier alpha value is -0.770. The Bertz CT molecular complexity index is 191. The van der Waals surface area contributed by atoms with E-state index in [0.29, 0.717) is 25.0 Å². The van der Waals surface area contributed by atoms with Gasteiger partial charge in [-0.15, -0.1) is 0 Å². The van der Waals surface area contributed by atoms with Gasteiger partial charge in [-0.05, 0) is 18.8 Å². The molecule has 4 heteroatoms. The minimum absolute atomic E-state index is 0.0322. The first kappa shape index (κ1) is 11.3. The van der Waals surface area contributed by atoms with Gasteiger partial charge in [0.05, 0.1) is 6.61 Å². The van der Waals surface area contributed by atoms with Crippen molar-refractivity contribution in [2.75, 3.05) is 19.7 Å². The van der Waals surface area contributed by atoms with E-state index >= 15 is 0 Å². The van der Waals surface area contributed by atoms with Crippen LogP contribution < -0.4 is 5.32 Å². The Morgan fingerprint density at radius 3 is 2.64 bits per heavy atom. The molecule has 0 heterocycles. The molecule has 82 valence electrons. The fourth-order valence-corrected chi connectivity index (χ4v) is 1.34. The summed E-state index contributed by atoms with van der Waals surface area (Å²) in [5.74, 6) is 0.467. The second-order valence-electron chi connectivity index (χ2n) is 4.23. The second-order valence-corrected chi connectivity index (χ2v) is 4.23. The van der Waals surface area contributed by atoms with Gasteiger partial charge in [0.1, 0.15) is 0 Å². The first-order valence-electron chi connectivity index (χ1n) is 5.30. The molecule has 2 N–H and O–H groups in total. The second kappa shape index (κ2) is 5.20.